The van der Waals surface area contributed by atoms with Gasteiger partial charge in [-0.05, 0) is 24.3 Å². The number of nitro benzene ring substituents is 1. The zero-order chi connectivity index (χ0) is 19.0. The molecule has 0 aliphatic rings. The second-order valence-corrected chi connectivity index (χ2v) is 6.34. The van der Waals surface area contributed by atoms with E-state index in [0.717, 1.165) is 22.2 Å². The van der Waals surface area contributed by atoms with Crippen molar-refractivity contribution in [3.05, 3.63) is 76.3 Å². The number of imidazole rings is 1. The van der Waals surface area contributed by atoms with Gasteiger partial charge in [-0.1, -0.05) is 17.7 Å². The van der Waals surface area contributed by atoms with Crippen molar-refractivity contribution >= 4 is 28.2 Å². The Balaban J connectivity index is 1.70. The maximum Gasteiger partial charge on any atom is 0.288 e. The van der Waals surface area contributed by atoms with Crippen LogP contribution in [0, 0.1) is 10.1 Å². The lowest BCUT2D eigenvalue weighted by Gasteiger charge is -2.09. The van der Waals surface area contributed by atoms with Gasteiger partial charge in [0.2, 0.25) is 0 Å². The highest BCUT2D eigenvalue weighted by molar-refractivity contribution is 6.32. The number of nitrogens with zero attached hydrogens (tertiary/aromatic N) is 4. The first-order valence-electron chi connectivity index (χ1n) is 8.00. The number of hydrogen-bond acceptors (Lipinski definition) is 5. The fourth-order valence-electron chi connectivity index (χ4n) is 2.76. The Morgan fingerprint density at radius 1 is 1.15 bits per heavy atom. The number of rotatable bonds is 4. The van der Waals surface area contributed by atoms with Crippen LogP contribution in [0.4, 0.5) is 5.69 Å². The van der Waals surface area contributed by atoms with Crippen molar-refractivity contribution < 1.29 is 9.66 Å². The summed E-state index contributed by atoms with van der Waals surface area (Å²) in [5, 5.41) is 11.7. The van der Waals surface area contributed by atoms with E-state index in [4.69, 9.17) is 16.3 Å². The number of benzene rings is 2. The van der Waals surface area contributed by atoms with Crippen LogP contribution in [-0.2, 0) is 7.05 Å². The third-order valence-corrected chi connectivity index (χ3v) is 4.35. The molecule has 0 fully saturated rings. The summed E-state index contributed by atoms with van der Waals surface area (Å²) in [7, 11) is 1.91. The minimum Gasteiger partial charge on any atom is -0.457 e. The van der Waals surface area contributed by atoms with E-state index < -0.39 is 4.92 Å². The Morgan fingerprint density at radius 2 is 2.00 bits per heavy atom. The topological polar surface area (TPSA) is 83.1 Å². The molecule has 0 atom stereocenters. The van der Waals surface area contributed by atoms with Crippen molar-refractivity contribution in [2.24, 2.45) is 7.05 Å². The zero-order valence-electron chi connectivity index (χ0n) is 14.2. The van der Waals surface area contributed by atoms with Gasteiger partial charge in [-0.15, -0.1) is 0 Å². The maximum absolute atomic E-state index is 10.9. The van der Waals surface area contributed by atoms with E-state index in [1.165, 1.54) is 18.2 Å². The van der Waals surface area contributed by atoms with Gasteiger partial charge in [-0.25, -0.2) is 4.98 Å². The average Bonchev–Trinajstić information content (AvgIpc) is 3.08. The van der Waals surface area contributed by atoms with E-state index in [1.807, 2.05) is 36.0 Å². The summed E-state index contributed by atoms with van der Waals surface area (Å²) < 4.78 is 7.77. The van der Waals surface area contributed by atoms with Crippen LogP contribution in [-0.4, -0.2) is 19.5 Å². The zero-order valence-corrected chi connectivity index (χ0v) is 14.9. The van der Waals surface area contributed by atoms with Crippen LogP contribution in [0.5, 0.6) is 11.5 Å². The summed E-state index contributed by atoms with van der Waals surface area (Å²) in [4.78, 5) is 19.1. The maximum atomic E-state index is 10.9. The van der Waals surface area contributed by atoms with E-state index in [2.05, 4.69) is 9.97 Å². The van der Waals surface area contributed by atoms with Crippen molar-refractivity contribution in [1.29, 1.82) is 0 Å². The molecule has 0 spiro atoms. The molecule has 0 bridgehead atoms. The molecular weight excluding hydrogens is 368 g/mol. The summed E-state index contributed by atoms with van der Waals surface area (Å²) in [5.74, 6) is 0.990. The lowest BCUT2D eigenvalue weighted by molar-refractivity contribution is -0.384. The summed E-state index contributed by atoms with van der Waals surface area (Å²) in [6, 6.07) is 11.8. The molecule has 0 radical (unpaired) electrons. The molecule has 0 amide bonds. The molecule has 0 N–H and O–H groups in total. The first kappa shape index (κ1) is 17.0. The quantitative estimate of drug-likeness (QED) is 0.368. The SMILES string of the molecule is Cn1cnc(-c2ccc3c(Oc4ccc([N+](=O)[O-])c(Cl)c4)ccnc3c2)c1. The summed E-state index contributed by atoms with van der Waals surface area (Å²) in [6.07, 6.45) is 5.32. The second-order valence-electron chi connectivity index (χ2n) is 5.94. The minimum absolute atomic E-state index is 0.0216. The van der Waals surface area contributed by atoms with Crippen LogP contribution < -0.4 is 4.74 Å². The van der Waals surface area contributed by atoms with E-state index in [0.29, 0.717) is 11.5 Å². The van der Waals surface area contributed by atoms with Crippen LogP contribution >= 0.6 is 11.6 Å². The third kappa shape index (κ3) is 3.32. The van der Waals surface area contributed by atoms with Crippen LogP contribution in [0.25, 0.3) is 22.2 Å². The highest BCUT2D eigenvalue weighted by Crippen LogP contribution is 2.34. The second kappa shape index (κ2) is 6.69. The Labute approximate surface area is 159 Å². The van der Waals surface area contributed by atoms with Crippen molar-refractivity contribution in [2.75, 3.05) is 0 Å². The normalized spacial score (nSPS) is 10.9. The monoisotopic (exact) mass is 380 g/mol. The molecule has 2 aromatic heterocycles. The van der Waals surface area contributed by atoms with Gasteiger partial charge < -0.3 is 9.30 Å². The van der Waals surface area contributed by atoms with E-state index in [1.54, 1.807) is 18.6 Å². The van der Waals surface area contributed by atoms with Gasteiger partial charge in [0.25, 0.3) is 5.69 Å². The first-order chi connectivity index (χ1) is 13.0. The molecule has 27 heavy (non-hydrogen) atoms. The smallest absolute Gasteiger partial charge is 0.288 e. The summed E-state index contributed by atoms with van der Waals surface area (Å²) >= 11 is 5.96. The summed E-state index contributed by atoms with van der Waals surface area (Å²) in [5.41, 5.74) is 2.40. The first-order valence-corrected chi connectivity index (χ1v) is 8.38. The molecule has 2 aromatic carbocycles. The number of aromatic nitrogens is 3. The number of halogens is 1. The van der Waals surface area contributed by atoms with Gasteiger partial charge in [-0.3, -0.25) is 15.1 Å². The number of pyridine rings is 1. The van der Waals surface area contributed by atoms with E-state index >= 15 is 0 Å². The molecular formula is C19H13ClN4O3. The predicted octanol–water partition coefficient (Wildman–Crippen LogP) is 4.99. The van der Waals surface area contributed by atoms with Crippen molar-refractivity contribution in [2.45, 2.75) is 0 Å². The Hall–Kier alpha value is -3.45. The van der Waals surface area contributed by atoms with Crippen molar-refractivity contribution in [3.8, 4) is 22.8 Å². The average molecular weight is 381 g/mol. The molecule has 8 heteroatoms. The van der Waals surface area contributed by atoms with Crippen molar-refractivity contribution in [1.82, 2.24) is 14.5 Å². The largest absolute Gasteiger partial charge is 0.457 e. The molecule has 0 aliphatic carbocycles. The Bertz CT molecular complexity index is 1170. The van der Waals surface area contributed by atoms with Crippen LogP contribution in [0.15, 0.2) is 61.2 Å². The standard InChI is InChI=1S/C19H13ClN4O3/c1-23-10-17(22-11-23)12-2-4-14-16(8-12)21-7-6-19(14)27-13-3-5-18(24(25)26)15(20)9-13/h2-11H,1H3. The van der Waals surface area contributed by atoms with Gasteiger partial charge in [-0.2, -0.15) is 0 Å². The molecule has 0 unspecified atom stereocenters. The van der Waals surface area contributed by atoms with E-state index in [-0.39, 0.29) is 10.7 Å². The fraction of sp³-hybridized carbons (Fsp3) is 0.0526. The summed E-state index contributed by atoms with van der Waals surface area (Å²) in [6.45, 7) is 0. The number of nitro groups is 1. The molecule has 2 heterocycles. The lowest BCUT2D eigenvalue weighted by Crippen LogP contribution is -1.91. The number of aryl methyl sites for hydroxylation is 1. The molecule has 134 valence electrons. The van der Waals surface area contributed by atoms with Crippen LogP contribution in [0.2, 0.25) is 5.02 Å². The highest BCUT2D eigenvalue weighted by Gasteiger charge is 2.14. The number of fused-ring (bicyclic) bond motifs is 1. The molecule has 0 aliphatic heterocycles. The fourth-order valence-corrected chi connectivity index (χ4v) is 3.00. The molecule has 7 nitrogen and oxygen atoms in total. The lowest BCUT2D eigenvalue weighted by atomic mass is 10.1. The van der Waals surface area contributed by atoms with Gasteiger partial charge in [0.1, 0.15) is 16.5 Å². The third-order valence-electron chi connectivity index (χ3n) is 4.05. The van der Waals surface area contributed by atoms with Crippen LogP contribution in [0.3, 0.4) is 0 Å². The van der Waals surface area contributed by atoms with Crippen molar-refractivity contribution in [3.63, 3.8) is 0 Å². The Morgan fingerprint density at radius 3 is 2.70 bits per heavy atom. The van der Waals surface area contributed by atoms with E-state index in [9.17, 15) is 10.1 Å². The predicted molar refractivity (Wildman–Crippen MR) is 102 cm³/mol. The molecule has 4 rings (SSSR count). The number of ether oxygens (including phenoxy) is 1. The van der Waals surface area contributed by atoms with Gasteiger partial charge in [0.15, 0.2) is 0 Å². The highest BCUT2D eigenvalue weighted by atomic mass is 35.5. The van der Waals surface area contributed by atoms with Gasteiger partial charge in [0, 0.05) is 42.5 Å². The van der Waals surface area contributed by atoms with Gasteiger partial charge >= 0.3 is 0 Å². The number of hydrogen-bond donors (Lipinski definition) is 0. The molecule has 0 saturated carbocycles. The minimum atomic E-state index is -0.535. The van der Waals surface area contributed by atoms with Crippen LogP contribution in [0.1, 0.15) is 0 Å². The van der Waals surface area contributed by atoms with Gasteiger partial charge in [0.05, 0.1) is 22.5 Å². The Kier molecular flexibility index (Phi) is 4.21. The molecule has 0 saturated heterocycles. The molecule has 4 aromatic rings.